The number of carbonyl (C=O) groups excluding carboxylic acids is 1. The summed E-state index contributed by atoms with van der Waals surface area (Å²) in [6.45, 7) is 12.9. The van der Waals surface area contributed by atoms with E-state index >= 15 is 0 Å². The van der Waals surface area contributed by atoms with Gasteiger partial charge >= 0.3 is 18.2 Å². The monoisotopic (exact) mass is 729 g/mol. The Balaban J connectivity index is 1.22. The number of benzene rings is 1. The molecule has 3 aromatic rings. The molecule has 284 valence electrons. The zero-order valence-electron chi connectivity index (χ0n) is 31.5. The Bertz CT molecular complexity index is 1910. The normalized spacial score (nSPS) is 21.4. The first kappa shape index (κ1) is 36.5. The van der Waals surface area contributed by atoms with E-state index in [0.29, 0.717) is 38.4 Å². The van der Waals surface area contributed by atoms with E-state index in [1.54, 1.807) is 0 Å². The molecule has 5 heterocycles. The van der Waals surface area contributed by atoms with Gasteiger partial charge in [-0.3, -0.25) is 0 Å². The van der Waals surface area contributed by atoms with E-state index in [2.05, 4.69) is 41.1 Å². The van der Waals surface area contributed by atoms with Gasteiger partial charge in [0, 0.05) is 43.7 Å². The van der Waals surface area contributed by atoms with E-state index in [9.17, 15) is 20.0 Å². The van der Waals surface area contributed by atoms with Gasteiger partial charge in [0.2, 0.25) is 0 Å². The number of aryl methyl sites for hydroxylation is 1. The number of hydrogen-bond donors (Lipinski definition) is 2. The lowest BCUT2D eigenvalue weighted by Gasteiger charge is -2.42. The maximum atomic E-state index is 12.8. The van der Waals surface area contributed by atoms with Crippen molar-refractivity contribution in [1.82, 2.24) is 30.0 Å². The van der Waals surface area contributed by atoms with Crippen molar-refractivity contribution in [2.45, 2.75) is 116 Å². The first-order valence-corrected chi connectivity index (χ1v) is 18.8. The van der Waals surface area contributed by atoms with Crippen LogP contribution in [0.1, 0.15) is 94.3 Å². The van der Waals surface area contributed by atoms with Crippen LogP contribution in [-0.4, -0.2) is 98.5 Å². The maximum Gasteiger partial charge on any atom is 0.408 e. The number of carboxylic acid groups (broad SMARTS) is 1. The van der Waals surface area contributed by atoms with E-state index in [1.807, 2.05) is 31.6 Å². The largest absolute Gasteiger partial charge is 0.465 e. The molecule has 4 aliphatic rings. The number of alkyl carbamates (subject to hydrolysis) is 1. The highest BCUT2D eigenvalue weighted by Gasteiger charge is 2.41. The molecular formula is C38H51N9O6. The van der Waals surface area contributed by atoms with Gasteiger partial charge in [-0.2, -0.15) is 20.3 Å². The Morgan fingerprint density at radius 2 is 1.94 bits per heavy atom. The summed E-state index contributed by atoms with van der Waals surface area (Å²) < 4.78 is 20.1. The number of anilines is 2. The molecule has 1 saturated carbocycles. The van der Waals surface area contributed by atoms with Crippen LogP contribution in [0, 0.1) is 25.2 Å². The molecule has 2 saturated heterocycles. The van der Waals surface area contributed by atoms with Gasteiger partial charge in [-0.1, -0.05) is 0 Å². The number of amides is 2. The molecule has 2 atom stereocenters. The summed E-state index contributed by atoms with van der Waals surface area (Å²) in [5, 5.41) is 28.4. The number of nitrogens with one attached hydrogen (secondary N) is 1. The highest BCUT2D eigenvalue weighted by Crippen LogP contribution is 2.40. The standard InChI is InChI=1S/C38H51N9O6/c1-24-19-30-28(20-40-47(30)31-9-6-7-18-51-31)32(25(24)2)44-15-11-27-29(22-44)41-34(52-23-38(12-8-13-38)43-35(48)53-37(3,4)5)42-33(27)45-16-17-46(36(49)50)26(21-45)10-14-39/h19-20,26,31H,6-13,15-18,21-23H2,1-5H3,(H,43,48)(H,49,50)/t26-,31?/m0/s1. The second-order valence-corrected chi connectivity index (χ2v) is 15.9. The van der Waals surface area contributed by atoms with E-state index in [-0.39, 0.29) is 31.8 Å². The Kier molecular flexibility index (Phi) is 10.0. The molecule has 7 rings (SSSR count). The fourth-order valence-electron chi connectivity index (χ4n) is 8.07. The van der Waals surface area contributed by atoms with Crippen molar-refractivity contribution in [3.05, 3.63) is 34.6 Å². The number of rotatable bonds is 8. The molecule has 15 nitrogen and oxygen atoms in total. The molecule has 3 fully saturated rings. The highest BCUT2D eigenvalue weighted by molar-refractivity contribution is 5.95. The van der Waals surface area contributed by atoms with Crippen LogP contribution < -0.4 is 19.9 Å². The second kappa shape index (κ2) is 14.5. The van der Waals surface area contributed by atoms with Gasteiger partial charge < -0.3 is 39.3 Å². The van der Waals surface area contributed by atoms with Crippen LogP contribution in [0.25, 0.3) is 10.9 Å². The molecule has 15 heteroatoms. The van der Waals surface area contributed by atoms with Gasteiger partial charge in [0.15, 0.2) is 6.23 Å². The molecule has 0 radical (unpaired) electrons. The van der Waals surface area contributed by atoms with Crippen LogP contribution in [0.4, 0.5) is 21.1 Å². The highest BCUT2D eigenvalue weighted by atomic mass is 16.6. The molecule has 0 spiro atoms. The maximum absolute atomic E-state index is 12.8. The van der Waals surface area contributed by atoms with Crippen LogP contribution in [0.5, 0.6) is 6.01 Å². The van der Waals surface area contributed by atoms with Gasteiger partial charge in [-0.15, -0.1) is 0 Å². The number of nitriles is 1. The van der Waals surface area contributed by atoms with Gasteiger partial charge in [-0.25, -0.2) is 14.3 Å². The van der Waals surface area contributed by atoms with E-state index in [1.165, 1.54) is 16.0 Å². The fourth-order valence-corrected chi connectivity index (χ4v) is 8.07. The predicted molar refractivity (Wildman–Crippen MR) is 197 cm³/mol. The lowest BCUT2D eigenvalue weighted by Crippen LogP contribution is -2.58. The number of ether oxygens (including phenoxy) is 3. The molecule has 0 bridgehead atoms. The molecule has 3 aliphatic heterocycles. The summed E-state index contributed by atoms with van der Waals surface area (Å²) in [5.41, 5.74) is 5.12. The summed E-state index contributed by atoms with van der Waals surface area (Å²) in [6.07, 6.45) is 6.64. The zero-order valence-corrected chi connectivity index (χ0v) is 31.5. The lowest BCUT2D eigenvalue weighted by atomic mass is 9.77. The molecule has 1 unspecified atom stereocenters. The topological polar surface area (TPSA) is 171 Å². The van der Waals surface area contributed by atoms with Crippen molar-refractivity contribution in [3.63, 3.8) is 0 Å². The van der Waals surface area contributed by atoms with Crippen molar-refractivity contribution in [3.8, 4) is 12.1 Å². The van der Waals surface area contributed by atoms with Crippen LogP contribution in [0.15, 0.2) is 12.3 Å². The third kappa shape index (κ3) is 7.51. The summed E-state index contributed by atoms with van der Waals surface area (Å²) in [5.74, 6) is 0.703. The van der Waals surface area contributed by atoms with Gasteiger partial charge in [0.25, 0.3) is 0 Å². The van der Waals surface area contributed by atoms with E-state index in [4.69, 9.17) is 29.3 Å². The van der Waals surface area contributed by atoms with Crippen LogP contribution in [0.3, 0.4) is 0 Å². The summed E-state index contributed by atoms with van der Waals surface area (Å²) in [7, 11) is 0. The van der Waals surface area contributed by atoms with Crippen molar-refractivity contribution in [2.24, 2.45) is 0 Å². The average Bonchev–Trinajstić information content (AvgIpc) is 3.51. The third-order valence-electron chi connectivity index (χ3n) is 11.1. The van der Waals surface area contributed by atoms with Gasteiger partial charge in [0.1, 0.15) is 18.0 Å². The molecular weight excluding hydrogens is 678 g/mol. The number of aromatic nitrogens is 4. The second-order valence-electron chi connectivity index (χ2n) is 15.9. The van der Waals surface area contributed by atoms with Gasteiger partial charge in [-0.05, 0) is 96.8 Å². The Labute approximate surface area is 310 Å². The number of nitrogens with zero attached hydrogens (tertiary/aromatic N) is 8. The van der Waals surface area contributed by atoms with Crippen molar-refractivity contribution < 1.29 is 28.9 Å². The number of fused-ring (bicyclic) bond motifs is 2. The number of piperazine rings is 1. The van der Waals surface area contributed by atoms with Crippen LogP contribution >= 0.6 is 0 Å². The molecule has 2 aromatic heterocycles. The lowest BCUT2D eigenvalue weighted by molar-refractivity contribution is -0.0366. The summed E-state index contributed by atoms with van der Waals surface area (Å²) in [6, 6.07) is 4.07. The predicted octanol–water partition coefficient (Wildman–Crippen LogP) is 5.61. The molecule has 53 heavy (non-hydrogen) atoms. The first-order valence-electron chi connectivity index (χ1n) is 18.8. The average molecular weight is 730 g/mol. The minimum absolute atomic E-state index is 0.0777. The third-order valence-corrected chi connectivity index (χ3v) is 11.1. The minimum Gasteiger partial charge on any atom is -0.465 e. The minimum atomic E-state index is -1.03. The Hall–Kier alpha value is -4.84. The Morgan fingerprint density at radius 1 is 1.13 bits per heavy atom. The fraction of sp³-hybridized carbons (Fsp3) is 0.632. The molecule has 2 N–H and O–H groups in total. The number of hydrogen-bond acceptors (Lipinski definition) is 11. The Morgan fingerprint density at radius 3 is 2.62 bits per heavy atom. The summed E-state index contributed by atoms with van der Waals surface area (Å²) >= 11 is 0. The van der Waals surface area contributed by atoms with Crippen LogP contribution in [-0.2, 0) is 22.4 Å². The number of carbonyl (C=O) groups is 2. The van der Waals surface area contributed by atoms with Crippen molar-refractivity contribution >= 4 is 34.6 Å². The van der Waals surface area contributed by atoms with Gasteiger partial charge in [0.05, 0.1) is 53.7 Å². The van der Waals surface area contributed by atoms with E-state index < -0.39 is 29.4 Å². The smallest absolute Gasteiger partial charge is 0.408 e. The van der Waals surface area contributed by atoms with Crippen molar-refractivity contribution in [2.75, 3.05) is 49.2 Å². The first-order chi connectivity index (χ1) is 25.3. The van der Waals surface area contributed by atoms with E-state index in [0.717, 1.165) is 73.0 Å². The van der Waals surface area contributed by atoms with Crippen LogP contribution in [0.2, 0.25) is 0 Å². The quantitative estimate of drug-likeness (QED) is 0.294. The zero-order chi connectivity index (χ0) is 37.5. The SMILES string of the molecule is Cc1cc2c(cnn2C2CCCCO2)c(N2CCc3c(nc(OCC4(NC(=O)OC(C)(C)C)CCC4)nc3N3CCN(C(=O)O)[C@@H](CC#N)C3)C2)c1C. The molecule has 2 amide bonds. The summed E-state index contributed by atoms with van der Waals surface area (Å²) in [4.78, 5) is 40.6. The van der Waals surface area contributed by atoms with Crippen molar-refractivity contribution in [1.29, 1.82) is 5.26 Å². The molecule has 1 aromatic carbocycles. The molecule has 1 aliphatic carbocycles.